The number of halogens is 1. The Morgan fingerprint density at radius 2 is 2.00 bits per heavy atom. The number of phenols is 1. The number of nitrogens with one attached hydrogen (secondary N) is 1. The molecule has 2 rings (SSSR count). The fourth-order valence-corrected chi connectivity index (χ4v) is 1.86. The molecule has 1 amide bonds. The van der Waals surface area contributed by atoms with Gasteiger partial charge in [0.1, 0.15) is 17.5 Å². The number of ether oxygens (including phenoxy) is 1. The number of phenolic OH excluding ortho intramolecular Hbond substituents is 1. The van der Waals surface area contributed by atoms with Gasteiger partial charge in [-0.05, 0) is 36.4 Å². The number of methoxy groups -OCH3 is 1. The summed E-state index contributed by atoms with van der Waals surface area (Å²) < 4.78 is 17.8. The smallest absolute Gasteiger partial charge is 0.266 e. The van der Waals surface area contributed by atoms with Crippen molar-refractivity contribution in [3.63, 3.8) is 0 Å². The van der Waals surface area contributed by atoms with Crippen LogP contribution in [0.4, 0.5) is 10.1 Å². The van der Waals surface area contributed by atoms with Crippen LogP contribution in [0.25, 0.3) is 6.08 Å². The van der Waals surface area contributed by atoms with Crippen LogP contribution in [0.1, 0.15) is 5.56 Å². The molecule has 116 valence electrons. The molecule has 0 aliphatic heterocycles. The number of carbonyl (C=O) groups is 1. The molecular weight excluding hydrogens is 299 g/mol. The van der Waals surface area contributed by atoms with Crippen LogP contribution in [0.3, 0.4) is 0 Å². The third kappa shape index (κ3) is 3.86. The summed E-state index contributed by atoms with van der Waals surface area (Å²) in [5.41, 5.74) is 0.417. The summed E-state index contributed by atoms with van der Waals surface area (Å²) in [5, 5.41) is 21.6. The van der Waals surface area contributed by atoms with Crippen LogP contribution in [0.2, 0.25) is 0 Å². The zero-order valence-corrected chi connectivity index (χ0v) is 12.2. The molecule has 0 fully saturated rings. The van der Waals surface area contributed by atoms with Crippen molar-refractivity contribution in [2.24, 2.45) is 0 Å². The second kappa shape index (κ2) is 7.09. The van der Waals surface area contributed by atoms with E-state index in [0.29, 0.717) is 5.69 Å². The van der Waals surface area contributed by atoms with Crippen LogP contribution in [0.15, 0.2) is 48.0 Å². The Bertz CT molecular complexity index is 792. The molecule has 0 saturated carbocycles. The van der Waals surface area contributed by atoms with Gasteiger partial charge in [-0.15, -0.1) is 0 Å². The molecule has 23 heavy (non-hydrogen) atoms. The van der Waals surface area contributed by atoms with Crippen LogP contribution < -0.4 is 10.1 Å². The van der Waals surface area contributed by atoms with Gasteiger partial charge < -0.3 is 15.2 Å². The predicted octanol–water partition coefficient (Wildman–Crippen LogP) is 3.09. The molecule has 0 aliphatic carbocycles. The number of amides is 1. The highest BCUT2D eigenvalue weighted by Gasteiger charge is 2.12. The van der Waals surface area contributed by atoms with Crippen molar-refractivity contribution in [1.29, 1.82) is 5.26 Å². The lowest BCUT2D eigenvalue weighted by molar-refractivity contribution is -0.112. The average Bonchev–Trinajstić information content (AvgIpc) is 2.56. The second-order valence-electron chi connectivity index (χ2n) is 4.53. The quantitative estimate of drug-likeness (QED) is 0.671. The van der Waals surface area contributed by atoms with Gasteiger partial charge in [0.25, 0.3) is 5.91 Å². The van der Waals surface area contributed by atoms with Crippen LogP contribution in [-0.4, -0.2) is 18.1 Å². The second-order valence-corrected chi connectivity index (χ2v) is 4.53. The standard InChI is InChI=1S/C17H13FN2O3/c1-23-15-4-2-3-11(16(15)21)9-12(10-19)17(22)20-14-7-5-13(18)6-8-14/h2-9,21H,1H3,(H,20,22)/b12-9-. The van der Waals surface area contributed by atoms with Gasteiger partial charge in [-0.2, -0.15) is 5.26 Å². The average molecular weight is 312 g/mol. The van der Waals surface area contributed by atoms with E-state index >= 15 is 0 Å². The van der Waals surface area contributed by atoms with Gasteiger partial charge in [-0.3, -0.25) is 4.79 Å². The van der Waals surface area contributed by atoms with Gasteiger partial charge in [0, 0.05) is 11.3 Å². The molecule has 2 N–H and O–H groups in total. The first kappa shape index (κ1) is 16.0. The molecule has 0 spiro atoms. The molecule has 0 atom stereocenters. The third-order valence-electron chi connectivity index (χ3n) is 3.02. The molecule has 0 unspecified atom stereocenters. The van der Waals surface area contributed by atoms with E-state index in [1.165, 1.54) is 37.5 Å². The van der Waals surface area contributed by atoms with Gasteiger partial charge in [-0.1, -0.05) is 12.1 Å². The highest BCUT2D eigenvalue weighted by Crippen LogP contribution is 2.30. The molecule has 6 heteroatoms. The summed E-state index contributed by atoms with van der Waals surface area (Å²) in [4.78, 5) is 12.1. The minimum Gasteiger partial charge on any atom is -0.504 e. The number of nitrogens with zero attached hydrogens (tertiary/aromatic N) is 1. The van der Waals surface area contributed by atoms with E-state index in [-0.39, 0.29) is 22.6 Å². The summed E-state index contributed by atoms with van der Waals surface area (Å²) in [7, 11) is 1.40. The van der Waals surface area contributed by atoms with E-state index in [0.717, 1.165) is 0 Å². The highest BCUT2D eigenvalue weighted by atomic mass is 19.1. The van der Waals surface area contributed by atoms with Crippen molar-refractivity contribution in [3.8, 4) is 17.6 Å². The topological polar surface area (TPSA) is 82.3 Å². The molecule has 0 aliphatic rings. The summed E-state index contributed by atoms with van der Waals surface area (Å²) in [5.74, 6) is -1.03. The number of aromatic hydroxyl groups is 1. The van der Waals surface area contributed by atoms with Crippen molar-refractivity contribution >= 4 is 17.7 Å². The summed E-state index contributed by atoms with van der Waals surface area (Å²) in [6.45, 7) is 0. The minimum absolute atomic E-state index is 0.169. The Kier molecular flexibility index (Phi) is 4.95. The fourth-order valence-electron chi connectivity index (χ4n) is 1.86. The largest absolute Gasteiger partial charge is 0.504 e. The number of anilines is 1. The van der Waals surface area contributed by atoms with Crippen molar-refractivity contribution < 1.29 is 19.0 Å². The molecule has 2 aromatic carbocycles. The number of hydrogen-bond acceptors (Lipinski definition) is 4. The van der Waals surface area contributed by atoms with E-state index in [9.17, 15) is 14.3 Å². The van der Waals surface area contributed by atoms with Gasteiger partial charge in [0.05, 0.1) is 7.11 Å². The first-order valence-electron chi connectivity index (χ1n) is 6.60. The predicted molar refractivity (Wildman–Crippen MR) is 83.3 cm³/mol. The van der Waals surface area contributed by atoms with Crippen LogP contribution in [-0.2, 0) is 4.79 Å². The lowest BCUT2D eigenvalue weighted by Crippen LogP contribution is -2.13. The summed E-state index contributed by atoms with van der Waals surface area (Å²) >= 11 is 0. The zero-order valence-electron chi connectivity index (χ0n) is 12.2. The van der Waals surface area contributed by atoms with E-state index in [2.05, 4.69) is 5.32 Å². The number of benzene rings is 2. The van der Waals surface area contributed by atoms with E-state index in [1.54, 1.807) is 24.3 Å². The normalized spacial score (nSPS) is 10.7. The molecular formula is C17H13FN2O3. The lowest BCUT2D eigenvalue weighted by atomic mass is 10.1. The first-order chi connectivity index (χ1) is 11.0. The highest BCUT2D eigenvalue weighted by molar-refractivity contribution is 6.09. The van der Waals surface area contributed by atoms with E-state index < -0.39 is 11.7 Å². The van der Waals surface area contributed by atoms with Crippen molar-refractivity contribution in [2.45, 2.75) is 0 Å². The number of carbonyl (C=O) groups excluding carboxylic acids is 1. The van der Waals surface area contributed by atoms with Gasteiger partial charge in [0.15, 0.2) is 11.5 Å². The molecule has 0 bridgehead atoms. The Morgan fingerprint density at radius 3 is 2.61 bits per heavy atom. The summed E-state index contributed by atoms with van der Waals surface area (Å²) in [6, 6.07) is 11.6. The van der Waals surface area contributed by atoms with Crippen LogP contribution in [0.5, 0.6) is 11.5 Å². The van der Waals surface area contributed by atoms with Crippen molar-refractivity contribution in [2.75, 3.05) is 12.4 Å². The number of para-hydroxylation sites is 1. The molecule has 0 saturated heterocycles. The Labute approximate surface area is 132 Å². The zero-order chi connectivity index (χ0) is 16.8. The fraction of sp³-hybridized carbons (Fsp3) is 0.0588. The maximum atomic E-state index is 12.8. The van der Waals surface area contributed by atoms with Crippen molar-refractivity contribution in [1.82, 2.24) is 0 Å². The molecule has 2 aromatic rings. The molecule has 0 heterocycles. The Morgan fingerprint density at radius 1 is 1.30 bits per heavy atom. The minimum atomic E-state index is -0.665. The maximum Gasteiger partial charge on any atom is 0.266 e. The molecule has 5 nitrogen and oxygen atoms in total. The number of rotatable bonds is 4. The molecule has 0 radical (unpaired) electrons. The van der Waals surface area contributed by atoms with Crippen LogP contribution >= 0.6 is 0 Å². The van der Waals surface area contributed by atoms with E-state index in [1.807, 2.05) is 0 Å². The Hall–Kier alpha value is -3.33. The molecule has 0 aromatic heterocycles. The summed E-state index contributed by atoms with van der Waals surface area (Å²) in [6.07, 6.45) is 1.25. The van der Waals surface area contributed by atoms with E-state index in [4.69, 9.17) is 10.00 Å². The van der Waals surface area contributed by atoms with Gasteiger partial charge >= 0.3 is 0 Å². The SMILES string of the molecule is COc1cccc(/C=C(/C#N)C(=O)Nc2ccc(F)cc2)c1O. The van der Waals surface area contributed by atoms with Crippen molar-refractivity contribution in [3.05, 3.63) is 59.4 Å². The number of hydrogen-bond donors (Lipinski definition) is 2. The van der Waals surface area contributed by atoms with Crippen LogP contribution in [0, 0.1) is 17.1 Å². The first-order valence-corrected chi connectivity index (χ1v) is 6.60. The Balaban J connectivity index is 2.27. The number of nitriles is 1. The van der Waals surface area contributed by atoms with Gasteiger partial charge in [-0.25, -0.2) is 4.39 Å². The third-order valence-corrected chi connectivity index (χ3v) is 3.02. The monoisotopic (exact) mass is 312 g/mol. The maximum absolute atomic E-state index is 12.8. The van der Waals surface area contributed by atoms with Gasteiger partial charge in [0.2, 0.25) is 0 Å². The lowest BCUT2D eigenvalue weighted by Gasteiger charge is -2.07.